The van der Waals surface area contributed by atoms with Crippen LogP contribution in [0.4, 0.5) is 19.3 Å². The van der Waals surface area contributed by atoms with Gasteiger partial charge >= 0.3 is 6.03 Å². The zero-order chi connectivity index (χ0) is 17.3. The lowest BCUT2D eigenvalue weighted by Crippen LogP contribution is -2.44. The molecule has 9 heteroatoms. The summed E-state index contributed by atoms with van der Waals surface area (Å²) >= 11 is 5.90. The molecule has 1 aliphatic heterocycles. The molecular weight excluding hydrogens is 342 g/mol. The van der Waals surface area contributed by atoms with Crippen molar-refractivity contribution in [3.05, 3.63) is 40.7 Å². The topological polar surface area (TPSA) is 68.2 Å². The number of rotatable bonds is 3. The Bertz CT molecular complexity index is 766. The van der Waals surface area contributed by atoms with Crippen molar-refractivity contribution in [1.29, 1.82) is 0 Å². The number of anilines is 1. The molecule has 0 fully saturated rings. The largest absolute Gasteiger partial charge is 0.491 e. The van der Waals surface area contributed by atoms with E-state index in [0.29, 0.717) is 17.2 Å². The van der Waals surface area contributed by atoms with Gasteiger partial charge in [-0.25, -0.2) is 13.6 Å². The Kier molecular flexibility index (Phi) is 4.57. The van der Waals surface area contributed by atoms with Gasteiger partial charge in [-0.2, -0.15) is 5.10 Å². The Balaban J connectivity index is 1.63. The standard InChI is InChI=1S/C15H15ClF2N4O2/c1-22-6-11(13(21-22)14(17)18)20-15(23)19-10-4-8-2-3-9(16)5-12(8)24-7-10/h2-3,5-6,10,14H,4,7H2,1H3,(H2,19,20,23). The van der Waals surface area contributed by atoms with Gasteiger partial charge in [0.15, 0.2) is 5.69 Å². The smallest absolute Gasteiger partial charge is 0.319 e. The first kappa shape index (κ1) is 16.5. The number of nitrogens with one attached hydrogen (secondary N) is 2. The molecular formula is C15H15ClF2N4O2. The van der Waals surface area contributed by atoms with Crippen molar-refractivity contribution in [2.75, 3.05) is 11.9 Å². The first-order valence-electron chi connectivity index (χ1n) is 7.23. The highest BCUT2D eigenvalue weighted by atomic mass is 35.5. The van der Waals surface area contributed by atoms with E-state index in [1.54, 1.807) is 12.1 Å². The van der Waals surface area contributed by atoms with Crippen LogP contribution in [0.5, 0.6) is 5.75 Å². The molecule has 0 saturated carbocycles. The fraction of sp³-hybridized carbons (Fsp3) is 0.333. The molecule has 2 aromatic rings. The Morgan fingerprint density at radius 3 is 3.04 bits per heavy atom. The quantitative estimate of drug-likeness (QED) is 0.887. The molecule has 0 saturated heterocycles. The van der Waals surface area contributed by atoms with Crippen LogP contribution < -0.4 is 15.4 Å². The number of carbonyl (C=O) groups is 1. The lowest BCUT2D eigenvalue weighted by molar-refractivity contribution is 0.146. The van der Waals surface area contributed by atoms with Crippen molar-refractivity contribution in [1.82, 2.24) is 15.1 Å². The van der Waals surface area contributed by atoms with Crippen LogP contribution in [0, 0.1) is 0 Å². The highest BCUT2D eigenvalue weighted by Gasteiger charge is 2.23. The van der Waals surface area contributed by atoms with Crippen molar-refractivity contribution in [3.63, 3.8) is 0 Å². The number of halogens is 3. The highest BCUT2D eigenvalue weighted by Crippen LogP contribution is 2.28. The summed E-state index contributed by atoms with van der Waals surface area (Å²) in [6.07, 6.45) is -0.874. The number of ether oxygens (including phenoxy) is 1. The summed E-state index contributed by atoms with van der Waals surface area (Å²) < 4.78 is 32.5. The Labute approximate surface area is 141 Å². The zero-order valence-electron chi connectivity index (χ0n) is 12.7. The number of carbonyl (C=O) groups excluding carboxylic acids is 1. The van der Waals surface area contributed by atoms with Gasteiger partial charge in [0.25, 0.3) is 6.43 Å². The van der Waals surface area contributed by atoms with Crippen LogP contribution >= 0.6 is 11.6 Å². The average Bonchev–Trinajstić information content (AvgIpc) is 2.88. The average molecular weight is 357 g/mol. The molecule has 0 aliphatic carbocycles. The lowest BCUT2D eigenvalue weighted by atomic mass is 10.0. The molecule has 2 heterocycles. The van der Waals surface area contributed by atoms with Crippen LogP contribution in [0.1, 0.15) is 17.7 Å². The molecule has 0 spiro atoms. The van der Waals surface area contributed by atoms with Crippen LogP contribution in [0.15, 0.2) is 24.4 Å². The molecule has 2 N–H and O–H groups in total. The number of urea groups is 1. The van der Waals surface area contributed by atoms with Gasteiger partial charge in [-0.1, -0.05) is 17.7 Å². The number of amides is 2. The normalized spacial score (nSPS) is 16.5. The van der Waals surface area contributed by atoms with Gasteiger partial charge in [0.2, 0.25) is 0 Å². The van der Waals surface area contributed by atoms with Crippen molar-refractivity contribution in [2.45, 2.75) is 18.9 Å². The minimum Gasteiger partial charge on any atom is -0.491 e. The van der Waals surface area contributed by atoms with E-state index in [-0.39, 0.29) is 18.3 Å². The molecule has 1 atom stereocenters. The van der Waals surface area contributed by atoms with Gasteiger partial charge in [-0.3, -0.25) is 4.68 Å². The molecule has 1 unspecified atom stereocenters. The van der Waals surface area contributed by atoms with Gasteiger partial charge in [0.1, 0.15) is 12.4 Å². The fourth-order valence-corrected chi connectivity index (χ4v) is 2.71. The molecule has 0 radical (unpaired) electrons. The second-order valence-corrected chi connectivity index (χ2v) is 5.90. The third-order valence-corrected chi connectivity index (χ3v) is 3.82. The van der Waals surface area contributed by atoms with Gasteiger partial charge in [0, 0.05) is 18.3 Å². The number of aromatic nitrogens is 2. The van der Waals surface area contributed by atoms with E-state index in [0.717, 1.165) is 5.56 Å². The molecule has 24 heavy (non-hydrogen) atoms. The second-order valence-electron chi connectivity index (χ2n) is 5.46. The maximum atomic E-state index is 12.9. The summed E-state index contributed by atoms with van der Waals surface area (Å²) in [5.74, 6) is 0.688. The fourth-order valence-electron chi connectivity index (χ4n) is 2.55. The molecule has 1 aromatic heterocycles. The molecule has 0 bridgehead atoms. The molecule has 128 valence electrons. The molecule has 6 nitrogen and oxygen atoms in total. The predicted octanol–water partition coefficient (Wildman–Crippen LogP) is 3.14. The summed E-state index contributed by atoms with van der Waals surface area (Å²) in [6.45, 7) is 0.273. The van der Waals surface area contributed by atoms with Gasteiger partial charge in [-0.15, -0.1) is 0 Å². The first-order chi connectivity index (χ1) is 11.4. The van der Waals surface area contributed by atoms with E-state index < -0.39 is 18.2 Å². The minimum absolute atomic E-state index is 0.0195. The summed E-state index contributed by atoms with van der Waals surface area (Å²) in [4.78, 5) is 12.1. The van der Waals surface area contributed by atoms with Gasteiger partial charge < -0.3 is 15.4 Å². The van der Waals surface area contributed by atoms with E-state index >= 15 is 0 Å². The van der Waals surface area contributed by atoms with E-state index in [2.05, 4.69) is 15.7 Å². The van der Waals surface area contributed by atoms with Crippen LogP contribution in [0.2, 0.25) is 5.02 Å². The molecule has 3 rings (SSSR count). The Morgan fingerprint density at radius 1 is 1.50 bits per heavy atom. The number of nitrogens with zero attached hydrogens (tertiary/aromatic N) is 2. The summed E-state index contributed by atoms with van der Waals surface area (Å²) in [6, 6.07) is 4.44. The zero-order valence-corrected chi connectivity index (χ0v) is 13.5. The summed E-state index contributed by atoms with van der Waals surface area (Å²) in [7, 11) is 1.51. The monoisotopic (exact) mass is 356 g/mol. The van der Waals surface area contributed by atoms with Crippen molar-refractivity contribution >= 4 is 23.3 Å². The summed E-state index contributed by atoms with van der Waals surface area (Å²) in [5.41, 5.74) is 0.437. The lowest BCUT2D eigenvalue weighted by Gasteiger charge is -2.26. The van der Waals surface area contributed by atoms with Crippen molar-refractivity contribution in [2.24, 2.45) is 7.05 Å². The number of hydrogen-bond acceptors (Lipinski definition) is 3. The van der Waals surface area contributed by atoms with Crippen LogP contribution in [-0.4, -0.2) is 28.5 Å². The van der Waals surface area contributed by atoms with E-state index in [1.165, 1.54) is 17.9 Å². The first-order valence-corrected chi connectivity index (χ1v) is 7.60. The molecule has 1 aromatic carbocycles. The maximum absolute atomic E-state index is 12.9. The number of benzene rings is 1. The van der Waals surface area contributed by atoms with Crippen molar-refractivity contribution < 1.29 is 18.3 Å². The van der Waals surface area contributed by atoms with Gasteiger partial charge in [-0.05, 0) is 24.1 Å². The molecule has 1 aliphatic rings. The van der Waals surface area contributed by atoms with Crippen molar-refractivity contribution in [3.8, 4) is 5.75 Å². The highest BCUT2D eigenvalue weighted by molar-refractivity contribution is 6.30. The van der Waals surface area contributed by atoms with Gasteiger partial charge in [0.05, 0.1) is 11.7 Å². The second kappa shape index (κ2) is 6.64. The Morgan fingerprint density at radius 2 is 2.29 bits per heavy atom. The van der Waals surface area contributed by atoms with Crippen LogP contribution in [-0.2, 0) is 13.5 Å². The predicted molar refractivity (Wildman–Crippen MR) is 84.8 cm³/mol. The molecule has 2 amide bonds. The SMILES string of the molecule is Cn1cc(NC(=O)NC2COc3cc(Cl)ccc3C2)c(C(F)F)n1. The summed E-state index contributed by atoms with van der Waals surface area (Å²) in [5, 5.41) is 9.32. The van der Waals surface area contributed by atoms with Crippen LogP contribution in [0.25, 0.3) is 0 Å². The van der Waals surface area contributed by atoms with E-state index in [1.807, 2.05) is 6.07 Å². The number of alkyl halides is 2. The third kappa shape index (κ3) is 3.59. The van der Waals surface area contributed by atoms with Crippen LogP contribution in [0.3, 0.4) is 0 Å². The Hall–Kier alpha value is -2.35. The number of aryl methyl sites for hydroxylation is 1. The van der Waals surface area contributed by atoms with E-state index in [4.69, 9.17) is 16.3 Å². The maximum Gasteiger partial charge on any atom is 0.319 e. The van der Waals surface area contributed by atoms with E-state index in [9.17, 15) is 13.6 Å². The number of fused-ring (bicyclic) bond motifs is 1. The minimum atomic E-state index is -2.77. The third-order valence-electron chi connectivity index (χ3n) is 3.58. The number of hydrogen-bond donors (Lipinski definition) is 2.